The van der Waals surface area contributed by atoms with Gasteiger partial charge < -0.3 is 16.6 Å². The summed E-state index contributed by atoms with van der Waals surface area (Å²) in [5.41, 5.74) is 12.3. The van der Waals surface area contributed by atoms with E-state index in [9.17, 15) is 0 Å². The molecule has 0 aliphatic heterocycles. The molecule has 15 heavy (non-hydrogen) atoms. The highest BCUT2D eigenvalue weighted by Gasteiger charge is 2.14. The van der Waals surface area contributed by atoms with Crippen molar-refractivity contribution < 1.29 is 9.90 Å². The highest BCUT2D eigenvalue weighted by molar-refractivity contribution is 5.61. The number of rotatable bonds is 1. The van der Waals surface area contributed by atoms with Gasteiger partial charge in [0.05, 0.1) is 0 Å². The Hall–Kier alpha value is -1.55. The van der Waals surface area contributed by atoms with Gasteiger partial charge in [-0.15, -0.1) is 0 Å². The quantitative estimate of drug-likeness (QED) is 0.660. The first-order chi connectivity index (χ1) is 6.75. The predicted octanol–water partition coefficient (Wildman–Crippen LogP) is 1.81. The molecule has 1 amide bonds. The van der Waals surface area contributed by atoms with Crippen molar-refractivity contribution in [2.75, 3.05) is 0 Å². The van der Waals surface area contributed by atoms with E-state index < -0.39 is 6.09 Å². The smallest absolute Gasteiger partial charge is 0.402 e. The molecular formula is C11H18N2O2. The van der Waals surface area contributed by atoms with Gasteiger partial charge in [0.25, 0.3) is 0 Å². The molecule has 0 atom stereocenters. The van der Waals surface area contributed by atoms with Gasteiger partial charge in [-0.2, -0.15) is 0 Å². The summed E-state index contributed by atoms with van der Waals surface area (Å²) in [5, 5.41) is 7.19. The SMILES string of the molecule is Cc1ccccc1C(C)(C)N.NC(=O)O. The molecule has 4 nitrogen and oxygen atoms in total. The number of hydrogen-bond acceptors (Lipinski definition) is 2. The van der Waals surface area contributed by atoms with Crippen molar-refractivity contribution in [3.8, 4) is 0 Å². The first-order valence-corrected chi connectivity index (χ1v) is 4.58. The fourth-order valence-corrected chi connectivity index (χ4v) is 1.30. The lowest BCUT2D eigenvalue weighted by Crippen LogP contribution is -2.29. The van der Waals surface area contributed by atoms with E-state index >= 15 is 0 Å². The molecule has 0 aliphatic rings. The summed E-state index contributed by atoms with van der Waals surface area (Å²) in [6, 6.07) is 8.22. The van der Waals surface area contributed by atoms with Gasteiger partial charge in [0, 0.05) is 5.54 Å². The van der Waals surface area contributed by atoms with Crippen molar-refractivity contribution in [1.29, 1.82) is 0 Å². The first-order valence-electron chi connectivity index (χ1n) is 4.58. The summed E-state index contributed by atoms with van der Waals surface area (Å²) < 4.78 is 0. The van der Waals surface area contributed by atoms with Crippen molar-refractivity contribution >= 4 is 6.09 Å². The Balaban J connectivity index is 0.000000423. The number of benzene rings is 1. The van der Waals surface area contributed by atoms with Crippen molar-refractivity contribution in [2.45, 2.75) is 26.3 Å². The van der Waals surface area contributed by atoms with Gasteiger partial charge in [-0.1, -0.05) is 24.3 Å². The summed E-state index contributed by atoms with van der Waals surface area (Å²) in [5.74, 6) is 0. The molecule has 0 heterocycles. The number of carboxylic acid groups (broad SMARTS) is 1. The zero-order valence-electron chi connectivity index (χ0n) is 9.32. The molecule has 0 bridgehead atoms. The van der Waals surface area contributed by atoms with Crippen LogP contribution >= 0.6 is 0 Å². The molecule has 0 fully saturated rings. The molecule has 5 N–H and O–H groups in total. The molecule has 84 valence electrons. The van der Waals surface area contributed by atoms with E-state index in [0.29, 0.717) is 0 Å². The second-order valence-electron chi connectivity index (χ2n) is 3.87. The van der Waals surface area contributed by atoms with E-state index in [1.54, 1.807) is 0 Å². The van der Waals surface area contributed by atoms with E-state index in [2.05, 4.69) is 24.8 Å². The monoisotopic (exact) mass is 210 g/mol. The second kappa shape index (κ2) is 5.36. The minimum atomic E-state index is -1.33. The Kier molecular flexibility index (Phi) is 4.81. The maximum atomic E-state index is 8.78. The first kappa shape index (κ1) is 13.4. The van der Waals surface area contributed by atoms with E-state index in [4.69, 9.17) is 15.6 Å². The lowest BCUT2D eigenvalue weighted by atomic mass is 9.92. The van der Waals surface area contributed by atoms with Gasteiger partial charge in [0.2, 0.25) is 0 Å². The minimum absolute atomic E-state index is 0.217. The maximum Gasteiger partial charge on any atom is 0.402 e. The van der Waals surface area contributed by atoms with Gasteiger partial charge in [-0.3, -0.25) is 0 Å². The normalized spacial score (nSPS) is 10.1. The van der Waals surface area contributed by atoms with Gasteiger partial charge in [-0.25, -0.2) is 4.79 Å². The Morgan fingerprint density at radius 2 is 1.73 bits per heavy atom. The van der Waals surface area contributed by atoms with Gasteiger partial charge >= 0.3 is 6.09 Å². The van der Waals surface area contributed by atoms with Crippen LogP contribution in [0.25, 0.3) is 0 Å². The third-order valence-electron chi connectivity index (χ3n) is 1.84. The minimum Gasteiger partial charge on any atom is -0.465 e. The van der Waals surface area contributed by atoms with Gasteiger partial charge in [0.1, 0.15) is 0 Å². The third kappa shape index (κ3) is 5.70. The fourth-order valence-electron chi connectivity index (χ4n) is 1.30. The summed E-state index contributed by atoms with van der Waals surface area (Å²) in [4.78, 5) is 8.78. The van der Waals surface area contributed by atoms with Crippen molar-refractivity contribution in [1.82, 2.24) is 0 Å². The zero-order valence-corrected chi connectivity index (χ0v) is 9.32. The standard InChI is InChI=1S/C10H15N.CH3NO2/c1-8-6-4-5-7-9(8)10(2,3)11;2-1(3)4/h4-7H,11H2,1-3H3;2H2,(H,3,4). The Bertz CT molecular complexity index is 326. The molecule has 0 radical (unpaired) electrons. The van der Waals surface area contributed by atoms with Crippen LogP contribution in [0.4, 0.5) is 4.79 Å². The largest absolute Gasteiger partial charge is 0.465 e. The Labute approximate surface area is 89.9 Å². The van der Waals surface area contributed by atoms with Crippen molar-refractivity contribution in [3.05, 3.63) is 35.4 Å². The maximum absolute atomic E-state index is 8.78. The topological polar surface area (TPSA) is 89.3 Å². The van der Waals surface area contributed by atoms with Crippen LogP contribution in [0, 0.1) is 6.92 Å². The number of amides is 1. The third-order valence-corrected chi connectivity index (χ3v) is 1.84. The molecule has 4 heteroatoms. The Morgan fingerprint density at radius 3 is 2.00 bits per heavy atom. The van der Waals surface area contributed by atoms with Crippen LogP contribution in [0.3, 0.4) is 0 Å². The molecular weight excluding hydrogens is 192 g/mol. The van der Waals surface area contributed by atoms with Crippen LogP contribution in [0.5, 0.6) is 0 Å². The Morgan fingerprint density at radius 1 is 1.33 bits per heavy atom. The molecule has 0 aliphatic carbocycles. The average Bonchev–Trinajstić information content (AvgIpc) is 2.01. The zero-order chi connectivity index (χ0) is 12.1. The van der Waals surface area contributed by atoms with Crippen LogP contribution < -0.4 is 11.5 Å². The van der Waals surface area contributed by atoms with E-state index in [0.717, 1.165) is 0 Å². The second-order valence-corrected chi connectivity index (χ2v) is 3.87. The number of aryl methyl sites for hydroxylation is 1. The van der Waals surface area contributed by atoms with Crippen LogP contribution in [0.15, 0.2) is 24.3 Å². The highest BCUT2D eigenvalue weighted by Crippen LogP contribution is 2.19. The predicted molar refractivity (Wildman–Crippen MR) is 60.6 cm³/mol. The van der Waals surface area contributed by atoms with Gasteiger partial charge in [0.15, 0.2) is 0 Å². The average molecular weight is 210 g/mol. The van der Waals surface area contributed by atoms with Crippen LogP contribution in [0.1, 0.15) is 25.0 Å². The molecule has 0 spiro atoms. The van der Waals surface area contributed by atoms with Crippen LogP contribution in [-0.4, -0.2) is 11.2 Å². The van der Waals surface area contributed by atoms with Crippen LogP contribution in [-0.2, 0) is 5.54 Å². The molecule has 1 aromatic carbocycles. The molecule has 0 aromatic heterocycles. The number of carbonyl (C=O) groups is 1. The summed E-state index contributed by atoms with van der Waals surface area (Å²) in [7, 11) is 0. The van der Waals surface area contributed by atoms with E-state index in [-0.39, 0.29) is 5.54 Å². The van der Waals surface area contributed by atoms with E-state index in [1.807, 2.05) is 26.0 Å². The highest BCUT2D eigenvalue weighted by atomic mass is 16.4. The summed E-state index contributed by atoms with van der Waals surface area (Å²) in [6.45, 7) is 6.13. The van der Waals surface area contributed by atoms with Gasteiger partial charge in [-0.05, 0) is 31.9 Å². The lowest BCUT2D eigenvalue weighted by Gasteiger charge is -2.21. The van der Waals surface area contributed by atoms with Crippen molar-refractivity contribution in [3.63, 3.8) is 0 Å². The molecule has 0 saturated carbocycles. The summed E-state index contributed by atoms with van der Waals surface area (Å²) >= 11 is 0. The number of hydrogen-bond donors (Lipinski definition) is 3. The van der Waals surface area contributed by atoms with Crippen molar-refractivity contribution in [2.24, 2.45) is 11.5 Å². The van der Waals surface area contributed by atoms with Crippen LogP contribution in [0.2, 0.25) is 0 Å². The molecule has 0 unspecified atom stereocenters. The lowest BCUT2D eigenvalue weighted by molar-refractivity contribution is 0.205. The fraction of sp³-hybridized carbons (Fsp3) is 0.364. The molecule has 1 aromatic rings. The number of primary amides is 1. The van der Waals surface area contributed by atoms with E-state index in [1.165, 1.54) is 11.1 Å². The molecule has 0 saturated heterocycles. The number of nitrogens with two attached hydrogens (primary N) is 2. The molecule has 1 rings (SSSR count). The summed E-state index contributed by atoms with van der Waals surface area (Å²) in [6.07, 6.45) is -1.33.